The van der Waals surface area contributed by atoms with E-state index in [2.05, 4.69) is 50.3 Å². The number of aromatic nitrogens is 4. The van der Waals surface area contributed by atoms with Gasteiger partial charge >= 0.3 is 19.8 Å². The second-order valence-corrected chi connectivity index (χ2v) is 13.2. The fourth-order valence-corrected chi connectivity index (χ4v) is 5.66. The molecule has 2 aromatic heterocycles. The van der Waals surface area contributed by atoms with Gasteiger partial charge in [-0.05, 0) is 60.5 Å². The van der Waals surface area contributed by atoms with Gasteiger partial charge in [0.25, 0.3) is 17.4 Å². The number of nitrogens with one attached hydrogen (secondary N) is 5. The molecule has 0 fully saturated rings. The molecule has 0 bridgehead atoms. The second-order valence-electron chi connectivity index (χ2n) is 11.6. The fourth-order valence-electron chi connectivity index (χ4n) is 4.95. The van der Waals surface area contributed by atoms with Gasteiger partial charge < -0.3 is 40.5 Å². The summed E-state index contributed by atoms with van der Waals surface area (Å²) >= 11 is 0. The van der Waals surface area contributed by atoms with E-state index >= 15 is 0 Å². The summed E-state index contributed by atoms with van der Waals surface area (Å²) in [6, 6.07) is 17.6. The Morgan fingerprint density at radius 1 is 0.895 bits per heavy atom. The van der Waals surface area contributed by atoms with Crippen LogP contribution in [0.15, 0.2) is 83.8 Å². The van der Waals surface area contributed by atoms with Crippen molar-refractivity contribution in [3.8, 4) is 25.1 Å². The summed E-state index contributed by atoms with van der Waals surface area (Å²) in [5, 5.41) is 29.2. The molecule has 57 heavy (non-hydrogen) atoms. The quantitative estimate of drug-likeness (QED) is 0.0483. The molecule has 290 valence electrons. The van der Waals surface area contributed by atoms with Crippen LogP contribution < -0.4 is 26.8 Å². The highest BCUT2D eigenvalue weighted by atomic mass is 31.2. The summed E-state index contributed by atoms with van der Waals surface area (Å²) in [6.45, 7) is -0.0892. The maximum Gasteiger partial charge on any atom is 0.605 e. The highest BCUT2D eigenvalue weighted by molar-refractivity contribution is 7.48. The van der Waals surface area contributed by atoms with Crippen LogP contribution in [0.3, 0.4) is 0 Å². The van der Waals surface area contributed by atoms with Crippen molar-refractivity contribution in [2.75, 3.05) is 16.0 Å². The maximum absolute atomic E-state index is 13.3. The molecule has 0 saturated carbocycles. The highest BCUT2D eigenvalue weighted by Gasteiger charge is 2.29. The Kier molecular flexibility index (Phi) is 13.2. The number of phosphoric acid groups is 1. The molecule has 0 saturated heterocycles. The minimum absolute atomic E-state index is 0.00196. The third-order valence-electron chi connectivity index (χ3n) is 7.69. The van der Waals surface area contributed by atoms with Crippen molar-refractivity contribution in [2.24, 2.45) is 0 Å². The largest absolute Gasteiger partial charge is 0.605 e. The van der Waals surface area contributed by atoms with Crippen molar-refractivity contribution in [1.29, 1.82) is 0 Å². The van der Waals surface area contributed by atoms with Crippen LogP contribution in [0, 0.1) is 25.1 Å². The summed E-state index contributed by atoms with van der Waals surface area (Å²) in [5.74, 6) is -3.70. The predicted octanol–water partition coefficient (Wildman–Crippen LogP) is 4.21. The molecule has 5 rings (SSSR count). The number of aliphatic carboxylic acids is 2. The topological polar surface area (TPSA) is 273 Å². The summed E-state index contributed by atoms with van der Waals surface area (Å²) in [7, 11) is -4.16. The predicted molar refractivity (Wildman–Crippen MR) is 204 cm³/mol. The van der Waals surface area contributed by atoms with Gasteiger partial charge in [0.1, 0.15) is 18.3 Å². The molecule has 7 N–H and O–H groups in total. The number of carbonyl (C=O) groups excluding carboxylic acids is 2. The van der Waals surface area contributed by atoms with E-state index in [-0.39, 0.29) is 47.8 Å². The lowest BCUT2D eigenvalue weighted by molar-refractivity contribution is -0.140. The number of H-pyrrole nitrogens is 1. The van der Waals surface area contributed by atoms with E-state index in [0.717, 1.165) is 0 Å². The third-order valence-corrected chi connectivity index (χ3v) is 8.80. The number of anilines is 4. The van der Waals surface area contributed by atoms with Gasteiger partial charge in [-0.15, -0.1) is 0 Å². The monoisotopic (exact) mass is 794 g/mol. The number of nitrogens with zero attached hydrogens (tertiary/aromatic N) is 3. The van der Waals surface area contributed by atoms with Crippen LogP contribution in [-0.4, -0.2) is 59.9 Å². The molecular formula is C37H31N8O11P. The molecule has 2 amide bonds. The molecular weight excluding hydrogens is 763 g/mol. The van der Waals surface area contributed by atoms with Crippen molar-refractivity contribution < 1.29 is 47.5 Å². The Morgan fingerprint density at radius 2 is 1.58 bits per heavy atom. The number of hydrogen-bond donors (Lipinski definition) is 7. The van der Waals surface area contributed by atoms with E-state index in [4.69, 9.17) is 22.5 Å². The summed E-state index contributed by atoms with van der Waals surface area (Å²) in [4.78, 5) is 76.7. The van der Waals surface area contributed by atoms with Crippen LogP contribution in [0.5, 0.6) is 0 Å². The number of terminal acetylenes is 2. The van der Waals surface area contributed by atoms with Gasteiger partial charge in [-0.25, -0.2) is 19.3 Å². The first-order chi connectivity index (χ1) is 27.4. The fraction of sp³-hybridized carbons (Fsp3) is 0.135. The van der Waals surface area contributed by atoms with Crippen molar-refractivity contribution in [3.63, 3.8) is 0 Å². The molecule has 0 radical (unpaired) electrons. The molecule has 5 aromatic rings. The van der Waals surface area contributed by atoms with Crippen molar-refractivity contribution in [1.82, 2.24) is 25.3 Å². The van der Waals surface area contributed by atoms with Crippen LogP contribution >= 0.6 is 7.82 Å². The number of carboxylic acid groups (broad SMARTS) is 2. The Morgan fingerprint density at radius 3 is 2.25 bits per heavy atom. The molecule has 3 aromatic carbocycles. The Hall–Kier alpha value is -7.73. The maximum atomic E-state index is 13.3. The molecule has 0 aliphatic heterocycles. The molecule has 0 aliphatic carbocycles. The number of para-hydroxylation sites is 1. The third kappa shape index (κ3) is 11.2. The molecule has 20 heteroatoms. The van der Waals surface area contributed by atoms with Crippen molar-refractivity contribution in [3.05, 3.63) is 112 Å². The number of aromatic amines is 1. The van der Waals surface area contributed by atoms with Gasteiger partial charge in [-0.1, -0.05) is 37.1 Å². The molecule has 0 spiro atoms. The standard InChI is InChI=1S/C37H31N8O11P/c1-3-54-57(53,55-4-2)56-21-22-9-13-25(14-10-22)41-34(49)27-7-5-6-8-28(27)43-37-44-32-31(35(50)45-37)40-26(20-39-32)19-38-24-15-11-23(12-16-24)33(48)42-29(36(51)52)17-18-30(46)47/h1-2,5-16,20,29,38H,17-19,21H2,(H,41,49)(H,42,48)(H,46,47)(H,51,52)(H2,39,43,44,45,50)/t29-/m0/s1. The number of amides is 2. The van der Waals surface area contributed by atoms with E-state index in [1.165, 1.54) is 18.3 Å². The van der Waals surface area contributed by atoms with Crippen LogP contribution in [0.4, 0.5) is 23.0 Å². The number of carbonyl (C=O) groups is 4. The summed E-state index contributed by atoms with van der Waals surface area (Å²) in [5.41, 5.74) is 1.99. The van der Waals surface area contributed by atoms with E-state index in [1.54, 1.807) is 72.9 Å². The van der Waals surface area contributed by atoms with Gasteiger partial charge in [-0.2, -0.15) is 4.98 Å². The number of carboxylic acids is 2. The number of benzene rings is 3. The number of phosphoric ester groups is 1. The van der Waals surface area contributed by atoms with Gasteiger partial charge in [0.2, 0.25) is 5.95 Å². The van der Waals surface area contributed by atoms with Gasteiger partial charge in [-0.3, -0.25) is 28.7 Å². The number of fused-ring (bicyclic) bond motifs is 1. The van der Waals surface area contributed by atoms with E-state index < -0.39 is 49.6 Å². The Balaban J connectivity index is 1.19. The molecule has 2 heterocycles. The van der Waals surface area contributed by atoms with Crippen LogP contribution in [0.2, 0.25) is 0 Å². The number of hydrogen-bond acceptors (Lipinski definition) is 14. The zero-order valence-corrected chi connectivity index (χ0v) is 30.3. The molecule has 0 aliphatic rings. The van der Waals surface area contributed by atoms with E-state index in [0.29, 0.717) is 28.3 Å². The van der Waals surface area contributed by atoms with Crippen LogP contribution in [-0.2, 0) is 40.9 Å². The average Bonchev–Trinajstić information content (AvgIpc) is 3.19. The zero-order chi connectivity index (χ0) is 41.0. The van der Waals surface area contributed by atoms with Crippen LogP contribution in [0.1, 0.15) is 44.8 Å². The van der Waals surface area contributed by atoms with E-state index in [1.807, 2.05) is 0 Å². The molecule has 1 atom stereocenters. The van der Waals surface area contributed by atoms with Gasteiger partial charge in [0.15, 0.2) is 11.2 Å². The minimum Gasteiger partial charge on any atom is -0.481 e. The normalized spacial score (nSPS) is 11.3. The summed E-state index contributed by atoms with van der Waals surface area (Å²) < 4.78 is 26.5. The van der Waals surface area contributed by atoms with Gasteiger partial charge in [0, 0.05) is 23.4 Å². The van der Waals surface area contributed by atoms with Crippen molar-refractivity contribution >= 4 is 65.8 Å². The first kappa shape index (κ1) is 40.5. The first-order valence-corrected chi connectivity index (χ1v) is 18.0. The summed E-state index contributed by atoms with van der Waals surface area (Å²) in [6.07, 6.45) is 14.2. The lowest BCUT2D eigenvalue weighted by Crippen LogP contribution is -2.41. The van der Waals surface area contributed by atoms with Crippen molar-refractivity contribution in [2.45, 2.75) is 32.0 Å². The second kappa shape index (κ2) is 18.5. The first-order valence-electron chi connectivity index (χ1n) is 16.5. The minimum atomic E-state index is -4.16. The smallest absolute Gasteiger partial charge is 0.481 e. The lowest BCUT2D eigenvalue weighted by atomic mass is 10.1. The highest BCUT2D eigenvalue weighted by Crippen LogP contribution is 2.49. The Labute approximate surface area is 322 Å². The zero-order valence-electron chi connectivity index (χ0n) is 29.4. The molecule has 0 unspecified atom stereocenters. The van der Waals surface area contributed by atoms with Crippen LogP contribution in [0.25, 0.3) is 11.2 Å². The average molecular weight is 795 g/mol. The molecule has 19 nitrogen and oxygen atoms in total. The SMILES string of the molecule is C#COP(=O)(OC#C)OCc1ccc(NC(=O)c2ccccc2Nc2nc3ncc(CNc4ccc(C(=O)N[C@@H](CCC(=O)O)C(=O)O)cc4)nc3c(=O)[nH]2)cc1. The van der Waals surface area contributed by atoms with Gasteiger partial charge in [0.05, 0.1) is 36.3 Å². The lowest BCUT2D eigenvalue weighted by Gasteiger charge is -2.14. The Bertz CT molecular complexity index is 2480. The number of rotatable bonds is 18. The van der Waals surface area contributed by atoms with E-state index in [9.17, 15) is 33.6 Å².